The first kappa shape index (κ1) is 17.4. The maximum Gasteiger partial charge on any atom is 0.166 e. The van der Waals surface area contributed by atoms with Crippen molar-refractivity contribution in [3.8, 4) is 0 Å². The topological polar surface area (TPSA) is 50.4 Å². The van der Waals surface area contributed by atoms with Gasteiger partial charge in [-0.3, -0.25) is 0 Å². The monoisotopic (exact) mass is 351 g/mol. The highest BCUT2D eigenvalue weighted by molar-refractivity contribution is 8.23. The lowest BCUT2D eigenvalue weighted by Crippen LogP contribution is -2.31. The summed E-state index contributed by atoms with van der Waals surface area (Å²) in [7, 11) is 0. The van der Waals surface area contributed by atoms with Crippen LogP contribution >= 0.6 is 35.7 Å². The van der Waals surface area contributed by atoms with Gasteiger partial charge in [0.25, 0.3) is 0 Å². The fraction of sp³-hybridized carbons (Fsp3) is 0.375. The molecule has 6 heteroatoms. The van der Waals surface area contributed by atoms with Gasteiger partial charge in [0.05, 0.1) is 10.3 Å². The van der Waals surface area contributed by atoms with Gasteiger partial charge in [-0.1, -0.05) is 74.2 Å². The van der Waals surface area contributed by atoms with Gasteiger partial charge in [0, 0.05) is 11.1 Å². The van der Waals surface area contributed by atoms with Crippen LogP contribution < -0.4 is 11.1 Å². The van der Waals surface area contributed by atoms with Crippen LogP contribution in [0.5, 0.6) is 0 Å². The number of thiocarbonyl (C=S) groups is 1. The Morgan fingerprint density at radius 2 is 1.95 bits per heavy atom. The third-order valence-electron chi connectivity index (χ3n) is 3.09. The van der Waals surface area contributed by atoms with E-state index in [-0.39, 0.29) is 5.41 Å². The number of nitrogens with one attached hydrogen (secondary N) is 1. The van der Waals surface area contributed by atoms with Crippen LogP contribution in [0.4, 0.5) is 0 Å². The summed E-state index contributed by atoms with van der Waals surface area (Å²) in [5.74, 6) is 0.480. The number of thioether (sulfide) groups is 2. The van der Waals surface area contributed by atoms with Crippen molar-refractivity contribution in [3.05, 3.63) is 40.9 Å². The van der Waals surface area contributed by atoms with E-state index in [9.17, 15) is 0 Å². The Morgan fingerprint density at radius 3 is 2.50 bits per heavy atom. The number of aliphatic imine (C=N–C) groups is 1. The number of rotatable bonds is 2. The molecule has 0 radical (unpaired) electrons. The molecule has 1 unspecified atom stereocenters. The van der Waals surface area contributed by atoms with Gasteiger partial charge in [-0.25, -0.2) is 4.99 Å². The Hall–Kier alpha value is -0.980. The predicted octanol–water partition coefficient (Wildman–Crippen LogP) is 4.28. The number of hydrogen-bond acceptors (Lipinski definition) is 4. The molecule has 0 saturated heterocycles. The molecule has 0 fully saturated rings. The van der Waals surface area contributed by atoms with Crippen molar-refractivity contribution in [1.82, 2.24) is 5.32 Å². The summed E-state index contributed by atoms with van der Waals surface area (Å²) in [5.41, 5.74) is 7.46. The molecular formula is C16H21N3S3. The molecule has 3 N–H and O–H groups in total. The van der Waals surface area contributed by atoms with Crippen molar-refractivity contribution in [3.63, 3.8) is 0 Å². The molecule has 0 bridgehead atoms. The molecule has 0 aliphatic carbocycles. The van der Waals surface area contributed by atoms with Crippen molar-refractivity contribution in [1.29, 1.82) is 0 Å². The van der Waals surface area contributed by atoms with Gasteiger partial charge < -0.3 is 11.1 Å². The number of amidine groups is 1. The molecule has 118 valence electrons. The van der Waals surface area contributed by atoms with E-state index in [1.807, 2.05) is 18.3 Å². The van der Waals surface area contributed by atoms with E-state index in [1.54, 1.807) is 11.8 Å². The average molecular weight is 352 g/mol. The first-order valence-electron chi connectivity index (χ1n) is 7.01. The zero-order valence-electron chi connectivity index (χ0n) is 13.2. The minimum atomic E-state index is 0.153. The first-order valence-corrected chi connectivity index (χ1v) is 9.12. The Morgan fingerprint density at radius 1 is 1.32 bits per heavy atom. The number of nitrogens with two attached hydrogens (primary N) is 1. The fourth-order valence-corrected chi connectivity index (χ4v) is 3.84. The lowest BCUT2D eigenvalue weighted by molar-refractivity contribution is 0.376. The molecule has 3 nitrogen and oxygen atoms in total. The first-order chi connectivity index (χ1) is 10.3. The summed E-state index contributed by atoms with van der Waals surface area (Å²) in [5, 5.41) is 3.65. The van der Waals surface area contributed by atoms with Gasteiger partial charge in [-0.15, -0.1) is 0 Å². The largest absolute Gasteiger partial charge is 0.383 e. The summed E-state index contributed by atoms with van der Waals surface area (Å²) in [4.78, 5) is 6.38. The third-order valence-corrected chi connectivity index (χ3v) is 5.86. The smallest absolute Gasteiger partial charge is 0.166 e. The number of benzene rings is 1. The molecule has 1 aliphatic heterocycles. The number of nitrogens with zero attached hydrogens (tertiary/aromatic N) is 1. The summed E-state index contributed by atoms with van der Waals surface area (Å²) >= 11 is 8.48. The van der Waals surface area contributed by atoms with Crippen LogP contribution in [0.3, 0.4) is 0 Å². The quantitative estimate of drug-likeness (QED) is 0.360. The lowest BCUT2D eigenvalue weighted by atomic mass is 9.97. The van der Waals surface area contributed by atoms with Crippen LogP contribution in [0.2, 0.25) is 0 Å². The molecular weight excluding hydrogens is 330 g/mol. The fourth-order valence-electron chi connectivity index (χ4n) is 1.79. The average Bonchev–Trinajstić information content (AvgIpc) is 2.91. The van der Waals surface area contributed by atoms with Gasteiger partial charge in [-0.05, 0) is 24.5 Å². The molecule has 0 aromatic heterocycles. The molecule has 1 atom stereocenters. The highest BCUT2D eigenvalue weighted by Crippen LogP contribution is 2.36. The molecule has 2 rings (SSSR count). The summed E-state index contributed by atoms with van der Waals surface area (Å²) in [6, 6.07) is 8.20. The molecule has 0 saturated carbocycles. The summed E-state index contributed by atoms with van der Waals surface area (Å²) in [6.07, 6.45) is 1.93. The van der Waals surface area contributed by atoms with Crippen LogP contribution in [0.25, 0.3) is 0 Å². The molecule has 1 aromatic rings. The Kier molecular flexibility index (Phi) is 5.58. The van der Waals surface area contributed by atoms with Crippen molar-refractivity contribution < 1.29 is 0 Å². The van der Waals surface area contributed by atoms with E-state index >= 15 is 0 Å². The predicted molar refractivity (Wildman–Crippen MR) is 103 cm³/mol. The van der Waals surface area contributed by atoms with Crippen LogP contribution in [0.1, 0.15) is 26.3 Å². The summed E-state index contributed by atoms with van der Waals surface area (Å²) < 4.78 is 0.530. The van der Waals surface area contributed by atoms with Gasteiger partial charge in [0.1, 0.15) is 5.84 Å². The molecule has 1 aliphatic rings. The van der Waals surface area contributed by atoms with Crippen molar-refractivity contribution in [2.75, 3.05) is 0 Å². The normalized spacial score (nSPS) is 18.8. The van der Waals surface area contributed by atoms with E-state index in [4.69, 9.17) is 18.0 Å². The van der Waals surface area contributed by atoms with Crippen LogP contribution in [0.15, 0.2) is 45.3 Å². The van der Waals surface area contributed by atoms with Gasteiger partial charge in [0.2, 0.25) is 0 Å². The van der Waals surface area contributed by atoms with E-state index in [0.29, 0.717) is 15.5 Å². The Bertz CT molecular complexity index is 613. The van der Waals surface area contributed by atoms with Crippen LogP contribution in [0, 0.1) is 12.3 Å². The molecule has 0 spiro atoms. The SMILES string of the molecule is Cc1ccc(SC(=S)/N=C(\N)C2=CNC(C(C)(C)C)S2)cc1. The number of hydrogen-bond donors (Lipinski definition) is 2. The van der Waals surface area contributed by atoms with E-state index < -0.39 is 0 Å². The third kappa shape index (κ3) is 4.76. The Balaban J connectivity index is 1.97. The van der Waals surface area contributed by atoms with Crippen LogP contribution in [-0.2, 0) is 0 Å². The van der Waals surface area contributed by atoms with E-state index in [1.165, 1.54) is 17.3 Å². The van der Waals surface area contributed by atoms with E-state index in [0.717, 1.165) is 9.80 Å². The zero-order chi connectivity index (χ0) is 16.3. The van der Waals surface area contributed by atoms with E-state index in [2.05, 4.69) is 50.1 Å². The molecule has 1 heterocycles. The minimum absolute atomic E-state index is 0.153. The lowest BCUT2D eigenvalue weighted by Gasteiger charge is -2.26. The van der Waals surface area contributed by atoms with Crippen molar-refractivity contribution in [2.45, 2.75) is 38.0 Å². The highest BCUT2D eigenvalue weighted by atomic mass is 32.2. The van der Waals surface area contributed by atoms with Gasteiger partial charge >= 0.3 is 0 Å². The zero-order valence-corrected chi connectivity index (χ0v) is 15.7. The van der Waals surface area contributed by atoms with Crippen molar-refractivity contribution >= 4 is 45.9 Å². The van der Waals surface area contributed by atoms with Gasteiger partial charge in [-0.2, -0.15) is 0 Å². The summed E-state index contributed by atoms with van der Waals surface area (Å²) in [6.45, 7) is 8.64. The molecule has 1 aromatic carbocycles. The second kappa shape index (κ2) is 7.06. The second-order valence-corrected chi connectivity index (χ2v) is 9.07. The van der Waals surface area contributed by atoms with Crippen molar-refractivity contribution in [2.24, 2.45) is 16.1 Å². The maximum atomic E-state index is 6.08. The number of aryl methyl sites for hydroxylation is 1. The van der Waals surface area contributed by atoms with Gasteiger partial charge in [0.15, 0.2) is 4.32 Å². The van der Waals surface area contributed by atoms with Crippen LogP contribution in [-0.4, -0.2) is 15.5 Å². The highest BCUT2D eigenvalue weighted by Gasteiger charge is 2.30. The minimum Gasteiger partial charge on any atom is -0.383 e. The standard InChI is InChI=1S/C16H21N3S3/c1-10-5-7-11(8-6-10)21-15(20)19-13(17)12-9-18-14(22-12)16(2,3)4/h5-9,14,18H,1-4H3,(H2,17,19,20). The molecule has 0 amide bonds. The maximum absolute atomic E-state index is 6.08. The second-order valence-electron chi connectivity index (χ2n) is 6.22. The Labute approximate surface area is 146 Å². The molecule has 22 heavy (non-hydrogen) atoms.